The molecule has 0 aliphatic heterocycles. The number of hydrogen-bond acceptors (Lipinski definition) is 3. The van der Waals surface area contributed by atoms with Crippen LogP contribution in [0.2, 0.25) is 0 Å². The highest BCUT2D eigenvalue weighted by Crippen LogP contribution is 2.38. The summed E-state index contributed by atoms with van der Waals surface area (Å²) in [6, 6.07) is 1.82. The lowest BCUT2D eigenvalue weighted by Gasteiger charge is -2.15. The van der Waals surface area contributed by atoms with Gasteiger partial charge < -0.3 is 10.4 Å². The lowest BCUT2D eigenvalue weighted by Crippen LogP contribution is -2.36. The highest BCUT2D eigenvalue weighted by atomic mass is 16.4. The largest absolute Gasteiger partial charge is 0.481 e. The zero-order valence-electron chi connectivity index (χ0n) is 11.7. The van der Waals surface area contributed by atoms with E-state index in [0.717, 1.165) is 6.42 Å². The van der Waals surface area contributed by atoms with Gasteiger partial charge in [0.2, 0.25) is 5.91 Å². The monoisotopic (exact) mass is 279 g/mol. The van der Waals surface area contributed by atoms with E-state index in [1.54, 1.807) is 10.9 Å². The van der Waals surface area contributed by atoms with E-state index in [-0.39, 0.29) is 5.91 Å². The minimum atomic E-state index is -0.854. The maximum Gasteiger partial charge on any atom is 0.307 e. The topological polar surface area (TPSA) is 84.2 Å². The van der Waals surface area contributed by atoms with E-state index >= 15 is 0 Å². The first kappa shape index (κ1) is 14.6. The Morgan fingerprint density at radius 2 is 2.15 bits per heavy atom. The van der Waals surface area contributed by atoms with Crippen LogP contribution in [-0.2, 0) is 16.1 Å². The fourth-order valence-electron chi connectivity index (χ4n) is 2.90. The third-order valence-corrected chi connectivity index (χ3v) is 4.09. The Morgan fingerprint density at radius 1 is 1.40 bits per heavy atom. The molecule has 0 radical (unpaired) electrons. The maximum atomic E-state index is 12.1. The zero-order chi connectivity index (χ0) is 14.5. The van der Waals surface area contributed by atoms with Gasteiger partial charge in [-0.1, -0.05) is 13.3 Å². The Hall–Kier alpha value is -1.85. The molecular weight excluding hydrogens is 258 g/mol. The molecule has 2 rings (SSSR count). The average molecular weight is 279 g/mol. The number of aromatic nitrogens is 2. The molecule has 1 fully saturated rings. The molecule has 6 nitrogen and oxygen atoms in total. The molecule has 1 aromatic rings. The second-order valence-corrected chi connectivity index (χ2v) is 5.36. The molecule has 3 unspecified atom stereocenters. The second kappa shape index (κ2) is 6.54. The van der Waals surface area contributed by atoms with Gasteiger partial charge in [0.1, 0.15) is 0 Å². The van der Waals surface area contributed by atoms with E-state index < -0.39 is 17.8 Å². The molecule has 6 heteroatoms. The van der Waals surface area contributed by atoms with Crippen molar-refractivity contribution in [3.63, 3.8) is 0 Å². The van der Waals surface area contributed by atoms with Gasteiger partial charge in [0.25, 0.3) is 0 Å². The summed E-state index contributed by atoms with van der Waals surface area (Å²) in [5.41, 5.74) is 0. The third kappa shape index (κ3) is 3.37. The quantitative estimate of drug-likeness (QED) is 0.817. The predicted octanol–water partition coefficient (Wildman–Crippen LogP) is 1.14. The van der Waals surface area contributed by atoms with Crippen LogP contribution in [0.25, 0.3) is 0 Å². The van der Waals surface area contributed by atoms with E-state index in [9.17, 15) is 14.7 Å². The van der Waals surface area contributed by atoms with Gasteiger partial charge in [-0.3, -0.25) is 14.3 Å². The first-order valence-corrected chi connectivity index (χ1v) is 7.09. The molecule has 0 spiro atoms. The molecular formula is C14H21N3O3. The fraction of sp³-hybridized carbons (Fsp3) is 0.643. The van der Waals surface area contributed by atoms with Crippen LogP contribution < -0.4 is 5.32 Å². The van der Waals surface area contributed by atoms with Crippen molar-refractivity contribution in [3.8, 4) is 0 Å². The number of carbonyl (C=O) groups excluding carboxylic acids is 1. The molecule has 1 amide bonds. The predicted molar refractivity (Wildman–Crippen MR) is 72.9 cm³/mol. The summed E-state index contributed by atoms with van der Waals surface area (Å²) in [6.07, 6.45) is 5.74. The van der Waals surface area contributed by atoms with Gasteiger partial charge in [0.15, 0.2) is 0 Å². The first-order chi connectivity index (χ1) is 9.61. The number of rotatable bonds is 6. The van der Waals surface area contributed by atoms with Crippen molar-refractivity contribution in [2.24, 2.45) is 17.8 Å². The number of aliphatic carboxylic acids is 1. The molecule has 1 saturated carbocycles. The normalized spacial score (nSPS) is 25.6. The summed E-state index contributed by atoms with van der Waals surface area (Å²) >= 11 is 0. The van der Waals surface area contributed by atoms with Crippen molar-refractivity contribution < 1.29 is 14.7 Å². The number of hydrogen-bond donors (Lipinski definition) is 2. The Bertz CT molecular complexity index is 458. The smallest absolute Gasteiger partial charge is 0.307 e. The van der Waals surface area contributed by atoms with Gasteiger partial charge in [-0.25, -0.2) is 0 Å². The van der Waals surface area contributed by atoms with Crippen LogP contribution >= 0.6 is 0 Å². The van der Waals surface area contributed by atoms with Crippen molar-refractivity contribution in [1.29, 1.82) is 0 Å². The van der Waals surface area contributed by atoms with E-state index in [1.807, 2.05) is 19.2 Å². The van der Waals surface area contributed by atoms with Gasteiger partial charge in [-0.2, -0.15) is 5.10 Å². The van der Waals surface area contributed by atoms with Gasteiger partial charge in [0.05, 0.1) is 18.4 Å². The number of carboxylic acid groups (broad SMARTS) is 1. The third-order valence-electron chi connectivity index (χ3n) is 4.09. The van der Waals surface area contributed by atoms with Crippen LogP contribution in [0.4, 0.5) is 0 Å². The first-order valence-electron chi connectivity index (χ1n) is 7.09. The second-order valence-electron chi connectivity index (χ2n) is 5.36. The molecule has 1 heterocycles. The Kier molecular flexibility index (Phi) is 4.76. The van der Waals surface area contributed by atoms with E-state index in [2.05, 4.69) is 10.4 Å². The van der Waals surface area contributed by atoms with Gasteiger partial charge in [-0.15, -0.1) is 0 Å². The molecule has 0 saturated heterocycles. The number of amides is 1. The van der Waals surface area contributed by atoms with Gasteiger partial charge in [0, 0.05) is 18.9 Å². The van der Waals surface area contributed by atoms with Crippen LogP contribution in [-0.4, -0.2) is 33.3 Å². The molecule has 110 valence electrons. The zero-order valence-corrected chi connectivity index (χ0v) is 11.7. The number of carboxylic acids is 1. The highest BCUT2D eigenvalue weighted by molar-refractivity contribution is 5.85. The van der Waals surface area contributed by atoms with Crippen LogP contribution in [0.3, 0.4) is 0 Å². The fourth-order valence-corrected chi connectivity index (χ4v) is 2.90. The van der Waals surface area contributed by atoms with Crippen LogP contribution in [0.15, 0.2) is 18.5 Å². The van der Waals surface area contributed by atoms with Crippen molar-refractivity contribution in [2.45, 2.75) is 32.7 Å². The summed E-state index contributed by atoms with van der Waals surface area (Å²) < 4.78 is 1.73. The summed E-state index contributed by atoms with van der Waals surface area (Å²) in [4.78, 5) is 23.4. The highest BCUT2D eigenvalue weighted by Gasteiger charge is 2.41. The Labute approximate surface area is 118 Å². The molecule has 1 aliphatic rings. The molecule has 20 heavy (non-hydrogen) atoms. The van der Waals surface area contributed by atoms with Gasteiger partial charge >= 0.3 is 5.97 Å². The Morgan fingerprint density at radius 3 is 2.75 bits per heavy atom. The standard InChI is InChI=1S/C14H21N3O3/c1-2-10-8-11(12(9-10)14(19)20)13(18)15-5-7-17-6-3-4-16-17/h3-4,6,10-12H,2,5,7-9H2,1H3,(H,15,18)(H,19,20). The molecule has 3 atom stereocenters. The van der Waals surface area contributed by atoms with Crippen molar-refractivity contribution in [1.82, 2.24) is 15.1 Å². The maximum absolute atomic E-state index is 12.1. The molecule has 1 aromatic heterocycles. The van der Waals surface area contributed by atoms with Crippen molar-refractivity contribution in [2.75, 3.05) is 6.54 Å². The molecule has 1 aliphatic carbocycles. The van der Waals surface area contributed by atoms with Crippen LogP contribution in [0, 0.1) is 17.8 Å². The summed E-state index contributed by atoms with van der Waals surface area (Å²) in [5, 5.41) is 16.1. The Balaban J connectivity index is 1.85. The summed E-state index contributed by atoms with van der Waals surface area (Å²) in [7, 11) is 0. The molecule has 0 aromatic carbocycles. The summed E-state index contributed by atoms with van der Waals surface area (Å²) in [5.74, 6) is -1.58. The van der Waals surface area contributed by atoms with E-state index in [0.29, 0.717) is 31.8 Å². The summed E-state index contributed by atoms with van der Waals surface area (Å²) in [6.45, 7) is 3.11. The number of nitrogens with one attached hydrogen (secondary N) is 1. The average Bonchev–Trinajstić information content (AvgIpc) is 3.07. The lowest BCUT2D eigenvalue weighted by molar-refractivity contribution is -0.146. The number of carbonyl (C=O) groups is 2. The van der Waals surface area contributed by atoms with Gasteiger partial charge in [-0.05, 0) is 24.8 Å². The van der Waals surface area contributed by atoms with Crippen molar-refractivity contribution >= 4 is 11.9 Å². The van der Waals surface area contributed by atoms with E-state index in [1.165, 1.54) is 0 Å². The minimum absolute atomic E-state index is 0.138. The van der Waals surface area contributed by atoms with Crippen molar-refractivity contribution in [3.05, 3.63) is 18.5 Å². The van der Waals surface area contributed by atoms with E-state index in [4.69, 9.17) is 0 Å². The molecule has 0 bridgehead atoms. The van der Waals surface area contributed by atoms with Crippen LogP contribution in [0.5, 0.6) is 0 Å². The number of nitrogens with zero attached hydrogens (tertiary/aromatic N) is 2. The molecule has 2 N–H and O–H groups in total. The SMILES string of the molecule is CCC1CC(C(=O)O)C(C(=O)NCCn2cccn2)C1. The lowest BCUT2D eigenvalue weighted by atomic mass is 9.95. The van der Waals surface area contributed by atoms with Crippen LogP contribution in [0.1, 0.15) is 26.2 Å². The minimum Gasteiger partial charge on any atom is -0.481 e.